The van der Waals surface area contributed by atoms with Crippen LogP contribution in [0.3, 0.4) is 0 Å². The maximum absolute atomic E-state index is 12.0. The molecule has 0 aliphatic rings. The van der Waals surface area contributed by atoms with E-state index in [0.29, 0.717) is 15.6 Å². The first-order chi connectivity index (χ1) is 11.5. The third kappa shape index (κ3) is 5.41. The van der Waals surface area contributed by atoms with Gasteiger partial charge in [-0.15, -0.1) is 0 Å². The highest BCUT2D eigenvalue weighted by atomic mass is 35.5. The molecule has 0 heterocycles. The molecule has 2 aromatic carbocycles. The van der Waals surface area contributed by atoms with Gasteiger partial charge in [0.25, 0.3) is 0 Å². The second-order valence-electron chi connectivity index (χ2n) is 5.10. The van der Waals surface area contributed by atoms with Gasteiger partial charge >= 0.3 is 5.97 Å². The zero-order valence-corrected chi connectivity index (χ0v) is 14.1. The van der Waals surface area contributed by atoms with Crippen LogP contribution in [0.5, 0.6) is 0 Å². The molecule has 0 saturated carbocycles. The summed E-state index contributed by atoms with van der Waals surface area (Å²) < 4.78 is 0. The lowest BCUT2D eigenvalue weighted by atomic mass is 10.1. The third-order valence-electron chi connectivity index (χ3n) is 3.27. The smallest absolute Gasteiger partial charge is 0.326 e. The Hall–Kier alpha value is -2.30. The van der Waals surface area contributed by atoms with Gasteiger partial charge in [-0.05, 0) is 29.3 Å². The van der Waals surface area contributed by atoms with E-state index in [1.54, 1.807) is 24.3 Å². The number of carbonyl (C=O) groups is 2. The molecule has 1 amide bonds. The third-order valence-corrected chi connectivity index (χ3v) is 4.01. The molecule has 0 aliphatic carbocycles. The van der Waals surface area contributed by atoms with E-state index in [0.717, 1.165) is 5.56 Å². The van der Waals surface area contributed by atoms with Gasteiger partial charge in [0.2, 0.25) is 5.91 Å². The number of hydrogen-bond acceptors (Lipinski definition) is 2. The van der Waals surface area contributed by atoms with E-state index < -0.39 is 17.9 Å². The van der Waals surface area contributed by atoms with Gasteiger partial charge in [-0.1, -0.05) is 59.6 Å². The number of aliphatic carboxylic acids is 1. The van der Waals surface area contributed by atoms with E-state index >= 15 is 0 Å². The first kappa shape index (κ1) is 18.0. The minimum atomic E-state index is -1.09. The molecule has 0 radical (unpaired) electrons. The maximum atomic E-state index is 12.0. The van der Waals surface area contributed by atoms with Crippen molar-refractivity contribution in [3.05, 3.63) is 75.8 Å². The van der Waals surface area contributed by atoms with Crippen molar-refractivity contribution in [1.82, 2.24) is 5.32 Å². The number of carbonyl (C=O) groups excluding carboxylic acids is 1. The quantitative estimate of drug-likeness (QED) is 0.766. The molecule has 124 valence electrons. The van der Waals surface area contributed by atoms with Crippen molar-refractivity contribution in [2.45, 2.75) is 12.5 Å². The van der Waals surface area contributed by atoms with Gasteiger partial charge in [0.05, 0.1) is 10.0 Å². The zero-order valence-electron chi connectivity index (χ0n) is 12.6. The molecule has 0 aromatic heterocycles. The summed E-state index contributed by atoms with van der Waals surface area (Å²) in [6.07, 6.45) is 3.02. The molecule has 0 saturated heterocycles. The highest BCUT2D eigenvalue weighted by Gasteiger charge is 2.19. The molecule has 4 nitrogen and oxygen atoms in total. The second-order valence-corrected chi connectivity index (χ2v) is 5.91. The molecule has 2 aromatic rings. The number of hydrogen-bond donors (Lipinski definition) is 2. The van der Waals surface area contributed by atoms with Crippen molar-refractivity contribution < 1.29 is 14.7 Å². The number of carboxylic acids is 1. The van der Waals surface area contributed by atoms with Crippen LogP contribution in [-0.2, 0) is 16.0 Å². The molecule has 6 heteroatoms. The standard InChI is InChI=1S/C18H15Cl2NO3/c19-14-8-6-13(10-15(14)20)7-9-17(22)21-16(18(23)24)11-12-4-2-1-3-5-12/h1-10,16H,11H2,(H,21,22)(H,23,24)/t16-/m0/s1. The van der Waals surface area contributed by atoms with Gasteiger partial charge in [0, 0.05) is 12.5 Å². The molecule has 0 spiro atoms. The molecule has 0 unspecified atom stereocenters. The fourth-order valence-corrected chi connectivity index (χ4v) is 2.36. The predicted octanol–water partition coefficient (Wildman–Crippen LogP) is 3.82. The van der Waals surface area contributed by atoms with Crippen molar-refractivity contribution >= 4 is 41.2 Å². The van der Waals surface area contributed by atoms with Gasteiger partial charge in [-0.2, -0.15) is 0 Å². The summed E-state index contributed by atoms with van der Waals surface area (Å²) in [6.45, 7) is 0. The summed E-state index contributed by atoms with van der Waals surface area (Å²) >= 11 is 11.7. The fraction of sp³-hybridized carbons (Fsp3) is 0.111. The van der Waals surface area contributed by atoms with E-state index in [9.17, 15) is 14.7 Å². The molecule has 2 N–H and O–H groups in total. The zero-order chi connectivity index (χ0) is 17.5. The Bertz CT molecular complexity index is 760. The minimum absolute atomic E-state index is 0.211. The highest BCUT2D eigenvalue weighted by Crippen LogP contribution is 2.23. The SMILES string of the molecule is O=C(C=Cc1ccc(Cl)c(Cl)c1)N[C@@H](Cc1ccccc1)C(=O)O. The van der Waals surface area contributed by atoms with Crippen LogP contribution >= 0.6 is 23.2 Å². The maximum Gasteiger partial charge on any atom is 0.326 e. The molecular weight excluding hydrogens is 349 g/mol. The average molecular weight is 364 g/mol. The number of carboxylic acid groups (broad SMARTS) is 1. The van der Waals surface area contributed by atoms with Crippen LogP contribution in [0.15, 0.2) is 54.6 Å². The fourth-order valence-electron chi connectivity index (χ4n) is 2.06. The van der Waals surface area contributed by atoms with Crippen molar-refractivity contribution in [2.24, 2.45) is 0 Å². The van der Waals surface area contributed by atoms with E-state index in [1.165, 1.54) is 6.08 Å². The lowest BCUT2D eigenvalue weighted by molar-refractivity contribution is -0.141. The molecule has 1 atom stereocenters. The van der Waals surface area contributed by atoms with Crippen molar-refractivity contribution in [2.75, 3.05) is 0 Å². The Morgan fingerprint density at radius 1 is 1.08 bits per heavy atom. The summed E-state index contributed by atoms with van der Waals surface area (Å²) in [6, 6.07) is 13.1. The monoisotopic (exact) mass is 363 g/mol. The van der Waals surface area contributed by atoms with Crippen LogP contribution in [0.1, 0.15) is 11.1 Å². The molecule has 2 rings (SSSR count). The van der Waals surface area contributed by atoms with Crippen LogP contribution in [0.25, 0.3) is 6.08 Å². The van der Waals surface area contributed by atoms with Crippen LogP contribution in [0.2, 0.25) is 10.0 Å². The van der Waals surface area contributed by atoms with E-state index in [2.05, 4.69) is 5.32 Å². The molecular formula is C18H15Cl2NO3. The molecule has 24 heavy (non-hydrogen) atoms. The lowest BCUT2D eigenvalue weighted by Crippen LogP contribution is -2.41. The first-order valence-electron chi connectivity index (χ1n) is 7.16. The van der Waals surface area contributed by atoms with Gasteiger partial charge in [0.1, 0.15) is 6.04 Å². The Morgan fingerprint density at radius 3 is 2.42 bits per heavy atom. The molecule has 0 aliphatic heterocycles. The first-order valence-corrected chi connectivity index (χ1v) is 7.91. The van der Waals surface area contributed by atoms with Crippen molar-refractivity contribution in [3.8, 4) is 0 Å². The Labute approximate surface area is 149 Å². The number of benzene rings is 2. The van der Waals surface area contributed by atoms with Crippen molar-refractivity contribution in [3.63, 3.8) is 0 Å². The van der Waals surface area contributed by atoms with Crippen LogP contribution in [0.4, 0.5) is 0 Å². The molecule has 0 bridgehead atoms. The summed E-state index contributed by atoms with van der Waals surface area (Å²) in [7, 11) is 0. The summed E-state index contributed by atoms with van der Waals surface area (Å²) in [4.78, 5) is 23.3. The number of rotatable bonds is 6. The van der Waals surface area contributed by atoms with Crippen LogP contribution in [-0.4, -0.2) is 23.0 Å². The largest absolute Gasteiger partial charge is 0.480 e. The highest BCUT2D eigenvalue weighted by molar-refractivity contribution is 6.42. The van der Waals surface area contributed by atoms with Gasteiger partial charge in [-0.3, -0.25) is 4.79 Å². The van der Waals surface area contributed by atoms with Gasteiger partial charge < -0.3 is 10.4 Å². The van der Waals surface area contributed by atoms with Crippen LogP contribution < -0.4 is 5.32 Å². The summed E-state index contributed by atoms with van der Waals surface area (Å²) in [5, 5.41) is 12.5. The Morgan fingerprint density at radius 2 is 1.79 bits per heavy atom. The molecule has 0 fully saturated rings. The van der Waals surface area contributed by atoms with Crippen LogP contribution in [0, 0.1) is 0 Å². The summed E-state index contributed by atoms with van der Waals surface area (Å²) in [5.74, 6) is -1.58. The van der Waals surface area contributed by atoms with E-state index in [1.807, 2.05) is 30.3 Å². The normalized spacial score (nSPS) is 12.1. The Balaban J connectivity index is 2.01. The number of amides is 1. The number of nitrogens with one attached hydrogen (secondary N) is 1. The second kappa shape index (κ2) is 8.52. The van der Waals surface area contributed by atoms with Gasteiger partial charge in [0.15, 0.2) is 0 Å². The van der Waals surface area contributed by atoms with Crippen molar-refractivity contribution in [1.29, 1.82) is 0 Å². The van der Waals surface area contributed by atoms with Gasteiger partial charge in [-0.25, -0.2) is 4.79 Å². The number of halogens is 2. The summed E-state index contributed by atoms with van der Waals surface area (Å²) in [5.41, 5.74) is 1.52. The predicted molar refractivity (Wildman–Crippen MR) is 95.2 cm³/mol. The van der Waals surface area contributed by atoms with E-state index in [4.69, 9.17) is 23.2 Å². The lowest BCUT2D eigenvalue weighted by Gasteiger charge is -2.13. The van der Waals surface area contributed by atoms with E-state index in [-0.39, 0.29) is 6.42 Å². The topological polar surface area (TPSA) is 66.4 Å². The minimum Gasteiger partial charge on any atom is -0.480 e. The average Bonchev–Trinajstić information content (AvgIpc) is 2.56. The Kier molecular flexibility index (Phi) is 6.41.